The Morgan fingerprint density at radius 3 is 2.60 bits per heavy atom. The lowest BCUT2D eigenvalue weighted by Gasteiger charge is -2.14. The molecule has 0 aliphatic heterocycles. The first-order valence-corrected chi connectivity index (χ1v) is 7.15. The quantitative estimate of drug-likeness (QED) is 0.909. The molecule has 0 saturated heterocycles. The second-order valence-corrected chi connectivity index (χ2v) is 6.65. The molecule has 106 valence electrons. The molecule has 0 aliphatic carbocycles. The molecule has 0 aliphatic rings. The van der Waals surface area contributed by atoms with Gasteiger partial charge in [-0.15, -0.1) is 11.3 Å². The first-order chi connectivity index (χ1) is 9.27. The number of benzene rings is 1. The third kappa shape index (κ3) is 3.17. The van der Waals surface area contributed by atoms with Gasteiger partial charge in [0.25, 0.3) is 0 Å². The van der Waals surface area contributed by atoms with E-state index in [2.05, 4.69) is 25.8 Å². The number of aromatic hydroxyl groups is 1. The van der Waals surface area contributed by atoms with Crippen LogP contribution in [0.3, 0.4) is 0 Å². The number of aromatic nitrogens is 1. The predicted octanol–water partition coefficient (Wildman–Crippen LogP) is 3.44. The molecule has 0 unspecified atom stereocenters. The average molecular weight is 291 g/mol. The van der Waals surface area contributed by atoms with E-state index >= 15 is 0 Å². The molecule has 0 radical (unpaired) electrons. The minimum atomic E-state index is -1.13. The van der Waals surface area contributed by atoms with Gasteiger partial charge in [0, 0.05) is 17.2 Å². The van der Waals surface area contributed by atoms with Crippen LogP contribution in [0.1, 0.15) is 47.4 Å². The summed E-state index contributed by atoms with van der Waals surface area (Å²) in [7, 11) is 0. The van der Waals surface area contributed by atoms with E-state index in [1.807, 2.05) is 5.38 Å². The van der Waals surface area contributed by atoms with Crippen LogP contribution in [-0.4, -0.2) is 21.2 Å². The summed E-state index contributed by atoms with van der Waals surface area (Å²) in [6.45, 7) is 6.32. The van der Waals surface area contributed by atoms with Gasteiger partial charge in [0.05, 0.1) is 10.7 Å². The highest BCUT2D eigenvalue weighted by Gasteiger charge is 2.18. The number of hydrogen-bond donors (Lipinski definition) is 2. The van der Waals surface area contributed by atoms with Crippen LogP contribution in [0.4, 0.5) is 0 Å². The Morgan fingerprint density at radius 2 is 2.05 bits per heavy atom. The lowest BCUT2D eigenvalue weighted by Crippen LogP contribution is -2.11. The van der Waals surface area contributed by atoms with E-state index in [9.17, 15) is 9.90 Å². The molecule has 1 heterocycles. The van der Waals surface area contributed by atoms with E-state index in [1.54, 1.807) is 17.4 Å². The summed E-state index contributed by atoms with van der Waals surface area (Å²) in [5.41, 5.74) is 1.80. The van der Waals surface area contributed by atoms with Crippen LogP contribution in [0.15, 0.2) is 23.6 Å². The number of hydrogen-bond acceptors (Lipinski definition) is 4. The van der Waals surface area contributed by atoms with Crippen molar-refractivity contribution in [3.63, 3.8) is 0 Å². The molecule has 0 saturated carbocycles. The fourth-order valence-corrected chi connectivity index (χ4v) is 2.83. The van der Waals surface area contributed by atoms with E-state index in [1.165, 1.54) is 12.1 Å². The first-order valence-electron chi connectivity index (χ1n) is 6.27. The van der Waals surface area contributed by atoms with Gasteiger partial charge in [0.15, 0.2) is 0 Å². The van der Waals surface area contributed by atoms with Gasteiger partial charge in [0.1, 0.15) is 11.3 Å². The molecule has 0 bridgehead atoms. The van der Waals surface area contributed by atoms with Crippen LogP contribution in [0, 0.1) is 0 Å². The maximum Gasteiger partial charge on any atom is 0.339 e. The van der Waals surface area contributed by atoms with Gasteiger partial charge >= 0.3 is 5.97 Å². The minimum absolute atomic E-state index is 0.00985. The number of rotatable bonds is 3. The third-order valence-corrected chi connectivity index (χ3v) is 3.82. The Hall–Kier alpha value is -1.88. The zero-order valence-electron chi connectivity index (χ0n) is 11.7. The summed E-state index contributed by atoms with van der Waals surface area (Å²) < 4.78 is 0. The normalized spacial score (nSPS) is 11.6. The van der Waals surface area contributed by atoms with Crippen LogP contribution >= 0.6 is 11.3 Å². The SMILES string of the molecule is CC(C)(C)c1csc(Cc2ccc(O)c(C(=O)O)c2)n1. The molecule has 0 fully saturated rings. The second kappa shape index (κ2) is 5.25. The van der Waals surface area contributed by atoms with Crippen molar-refractivity contribution in [2.24, 2.45) is 0 Å². The maximum absolute atomic E-state index is 11.0. The molecular formula is C15H17NO3S. The third-order valence-electron chi connectivity index (χ3n) is 2.97. The Balaban J connectivity index is 2.24. The van der Waals surface area contributed by atoms with Gasteiger partial charge in [-0.3, -0.25) is 0 Å². The van der Waals surface area contributed by atoms with E-state index < -0.39 is 5.97 Å². The molecule has 0 amide bonds. The monoisotopic (exact) mass is 291 g/mol. The number of nitrogens with zero attached hydrogens (tertiary/aromatic N) is 1. The zero-order chi connectivity index (χ0) is 14.9. The van der Waals surface area contributed by atoms with Gasteiger partial charge in [-0.1, -0.05) is 26.8 Å². The minimum Gasteiger partial charge on any atom is -0.507 e. The molecule has 5 heteroatoms. The number of carboxylic acid groups (broad SMARTS) is 1. The topological polar surface area (TPSA) is 70.4 Å². The van der Waals surface area contributed by atoms with Crippen molar-refractivity contribution in [2.75, 3.05) is 0 Å². The molecule has 2 rings (SSSR count). The number of thiazole rings is 1. The molecule has 2 N–H and O–H groups in total. The zero-order valence-corrected chi connectivity index (χ0v) is 12.5. The fraction of sp³-hybridized carbons (Fsp3) is 0.333. The molecule has 2 aromatic rings. The lowest BCUT2D eigenvalue weighted by molar-refractivity contribution is 0.0693. The highest BCUT2D eigenvalue weighted by atomic mass is 32.1. The van der Waals surface area contributed by atoms with Gasteiger partial charge in [-0.25, -0.2) is 9.78 Å². The van der Waals surface area contributed by atoms with Crippen LogP contribution < -0.4 is 0 Å². The Kier molecular flexibility index (Phi) is 3.81. The summed E-state index contributed by atoms with van der Waals surface area (Å²) in [6, 6.07) is 4.63. The average Bonchev–Trinajstić information content (AvgIpc) is 2.79. The smallest absolute Gasteiger partial charge is 0.339 e. The Bertz CT molecular complexity index is 641. The van der Waals surface area contributed by atoms with Crippen molar-refractivity contribution in [3.05, 3.63) is 45.4 Å². The van der Waals surface area contributed by atoms with E-state index in [4.69, 9.17) is 5.11 Å². The van der Waals surface area contributed by atoms with Gasteiger partial charge in [-0.05, 0) is 17.7 Å². The molecule has 20 heavy (non-hydrogen) atoms. The van der Waals surface area contributed by atoms with Gasteiger partial charge in [-0.2, -0.15) is 0 Å². The fourth-order valence-electron chi connectivity index (χ4n) is 1.78. The van der Waals surface area contributed by atoms with Crippen LogP contribution in [0.5, 0.6) is 5.75 Å². The van der Waals surface area contributed by atoms with E-state index in [0.717, 1.165) is 16.3 Å². The summed E-state index contributed by atoms with van der Waals surface area (Å²) in [5.74, 6) is -1.34. The predicted molar refractivity (Wildman–Crippen MR) is 78.7 cm³/mol. The van der Waals surface area contributed by atoms with E-state index in [-0.39, 0.29) is 16.7 Å². The number of aromatic carboxylic acids is 1. The van der Waals surface area contributed by atoms with Crippen molar-refractivity contribution in [1.82, 2.24) is 4.98 Å². The largest absolute Gasteiger partial charge is 0.507 e. The summed E-state index contributed by atoms with van der Waals surface area (Å²) in [5, 5.41) is 21.5. The number of phenols is 1. The highest BCUT2D eigenvalue weighted by molar-refractivity contribution is 7.09. The van der Waals surface area contributed by atoms with Crippen molar-refractivity contribution in [2.45, 2.75) is 32.6 Å². The van der Waals surface area contributed by atoms with Crippen molar-refractivity contribution in [1.29, 1.82) is 0 Å². The van der Waals surface area contributed by atoms with Crippen molar-refractivity contribution < 1.29 is 15.0 Å². The standard InChI is InChI=1S/C15H17NO3S/c1-15(2,3)12-8-20-13(16-12)7-9-4-5-11(17)10(6-9)14(18)19/h4-6,8,17H,7H2,1-3H3,(H,18,19). The molecule has 4 nitrogen and oxygen atoms in total. The van der Waals surface area contributed by atoms with Crippen molar-refractivity contribution >= 4 is 17.3 Å². The van der Waals surface area contributed by atoms with Crippen molar-refractivity contribution in [3.8, 4) is 5.75 Å². The first kappa shape index (κ1) is 14.5. The van der Waals surface area contributed by atoms with Gasteiger partial charge in [0.2, 0.25) is 0 Å². The summed E-state index contributed by atoms with van der Waals surface area (Å²) in [6.07, 6.45) is 0.571. The summed E-state index contributed by atoms with van der Waals surface area (Å²) in [4.78, 5) is 15.6. The van der Waals surface area contributed by atoms with Gasteiger partial charge < -0.3 is 10.2 Å². The maximum atomic E-state index is 11.0. The highest BCUT2D eigenvalue weighted by Crippen LogP contribution is 2.26. The Morgan fingerprint density at radius 1 is 1.35 bits per heavy atom. The Labute approximate surface area is 121 Å². The number of carboxylic acids is 1. The molecule has 1 aromatic heterocycles. The molecule has 0 spiro atoms. The summed E-state index contributed by atoms with van der Waals surface area (Å²) >= 11 is 1.57. The lowest BCUT2D eigenvalue weighted by atomic mass is 9.93. The second-order valence-electron chi connectivity index (χ2n) is 5.71. The van der Waals surface area contributed by atoms with E-state index in [0.29, 0.717) is 6.42 Å². The molecule has 1 aromatic carbocycles. The molecular weight excluding hydrogens is 274 g/mol. The van der Waals surface area contributed by atoms with Crippen LogP contribution in [0.2, 0.25) is 0 Å². The van der Waals surface area contributed by atoms with Crippen LogP contribution in [-0.2, 0) is 11.8 Å². The number of carbonyl (C=O) groups is 1. The van der Waals surface area contributed by atoms with Crippen LogP contribution in [0.25, 0.3) is 0 Å². The molecule has 0 atom stereocenters.